The number of hydrogen-bond acceptors (Lipinski definition) is 3. The zero-order chi connectivity index (χ0) is 26.4. The van der Waals surface area contributed by atoms with Gasteiger partial charge in [0.2, 0.25) is 0 Å². The summed E-state index contributed by atoms with van der Waals surface area (Å²) in [6.45, 7) is 4.54. The van der Waals surface area contributed by atoms with Crippen molar-refractivity contribution in [3.8, 4) is 0 Å². The first kappa shape index (κ1) is 35.1. The van der Waals surface area contributed by atoms with Gasteiger partial charge in [-0.15, -0.1) is 0 Å². The molecule has 0 rings (SSSR count). The number of aldehydes is 1. The van der Waals surface area contributed by atoms with Gasteiger partial charge in [-0.3, -0.25) is 9.59 Å². The highest BCUT2D eigenvalue weighted by Crippen LogP contribution is 2.15. The fourth-order valence-corrected chi connectivity index (χ4v) is 5.03. The van der Waals surface area contributed by atoms with Crippen molar-refractivity contribution in [3.05, 3.63) is 0 Å². The average molecular weight is 509 g/mol. The number of rotatable bonds is 30. The Labute approximate surface area is 226 Å². The Hall–Kier alpha value is -0.860. The zero-order valence-corrected chi connectivity index (χ0v) is 24.7. The molecule has 0 saturated carbocycles. The second-order valence-electron chi connectivity index (χ2n) is 11.2. The minimum Gasteiger partial charge on any atom is -0.455 e. The molecule has 0 aromatic rings. The molecular formula is C33H64O3. The van der Waals surface area contributed by atoms with Crippen LogP contribution >= 0.6 is 0 Å². The molecule has 0 spiro atoms. The molecule has 0 fully saturated rings. The summed E-state index contributed by atoms with van der Waals surface area (Å²) in [5, 5.41) is 0. The molecular weight excluding hydrogens is 444 g/mol. The Balaban J connectivity index is 3.42. The second-order valence-corrected chi connectivity index (χ2v) is 11.2. The quantitative estimate of drug-likeness (QED) is 0.0550. The van der Waals surface area contributed by atoms with E-state index in [2.05, 4.69) is 13.8 Å². The highest BCUT2D eigenvalue weighted by molar-refractivity contribution is 5.72. The topological polar surface area (TPSA) is 43.4 Å². The summed E-state index contributed by atoms with van der Waals surface area (Å²) in [5.41, 5.74) is 0. The molecule has 0 aliphatic carbocycles. The van der Waals surface area contributed by atoms with Gasteiger partial charge in [0, 0.05) is 6.42 Å². The normalized spacial score (nSPS) is 12.1. The zero-order valence-electron chi connectivity index (χ0n) is 24.7. The summed E-state index contributed by atoms with van der Waals surface area (Å²) in [4.78, 5) is 23.4. The number of carbonyl (C=O) groups is 2. The summed E-state index contributed by atoms with van der Waals surface area (Å²) in [6.07, 6.45) is 35.4. The molecule has 3 nitrogen and oxygen atoms in total. The lowest BCUT2D eigenvalue weighted by Crippen LogP contribution is -2.19. The van der Waals surface area contributed by atoms with Gasteiger partial charge >= 0.3 is 5.97 Å². The van der Waals surface area contributed by atoms with Crippen LogP contribution in [0, 0.1) is 0 Å². The van der Waals surface area contributed by atoms with Crippen LogP contribution in [0.1, 0.15) is 194 Å². The number of hydrogen-bond donors (Lipinski definition) is 0. The van der Waals surface area contributed by atoms with E-state index in [1.165, 1.54) is 141 Å². The first-order valence-corrected chi connectivity index (χ1v) is 16.4. The maximum Gasteiger partial charge on any atom is 0.306 e. The molecule has 0 amide bonds. The van der Waals surface area contributed by atoms with E-state index in [-0.39, 0.29) is 5.97 Å². The van der Waals surface area contributed by atoms with Crippen LogP contribution < -0.4 is 0 Å². The molecule has 1 atom stereocenters. The van der Waals surface area contributed by atoms with Crippen molar-refractivity contribution in [2.75, 3.05) is 0 Å². The van der Waals surface area contributed by atoms with Gasteiger partial charge in [-0.05, 0) is 19.3 Å². The van der Waals surface area contributed by atoms with Gasteiger partial charge in [-0.25, -0.2) is 0 Å². The van der Waals surface area contributed by atoms with Gasteiger partial charge in [0.15, 0.2) is 12.4 Å². The molecule has 0 saturated heterocycles. The Morgan fingerprint density at radius 1 is 0.500 bits per heavy atom. The molecule has 0 aliphatic heterocycles. The highest BCUT2D eigenvalue weighted by Gasteiger charge is 2.13. The first-order chi connectivity index (χ1) is 17.7. The minimum atomic E-state index is -0.535. The van der Waals surface area contributed by atoms with Gasteiger partial charge in [0.05, 0.1) is 0 Å². The molecule has 0 heterocycles. The third kappa shape index (κ3) is 27.7. The fraction of sp³-hybridized carbons (Fsp3) is 0.939. The van der Waals surface area contributed by atoms with E-state index in [0.717, 1.165) is 32.0 Å². The van der Waals surface area contributed by atoms with E-state index < -0.39 is 6.10 Å². The standard InChI is InChI=1S/C33H64O3/c1-3-5-7-9-11-13-15-17-19-21-23-25-27-29-32(31-34)36-33(35)30-28-26-24-22-20-18-16-14-12-10-8-6-4-2/h31-32H,3-30H2,1-2H3. The Morgan fingerprint density at radius 2 is 0.806 bits per heavy atom. The molecule has 0 aromatic carbocycles. The van der Waals surface area contributed by atoms with E-state index in [1.54, 1.807) is 0 Å². The third-order valence-corrected chi connectivity index (χ3v) is 7.51. The van der Waals surface area contributed by atoms with Gasteiger partial charge in [-0.1, -0.05) is 168 Å². The van der Waals surface area contributed by atoms with Crippen LogP contribution in [-0.4, -0.2) is 18.4 Å². The first-order valence-electron chi connectivity index (χ1n) is 16.4. The summed E-state index contributed by atoms with van der Waals surface area (Å²) in [5.74, 6) is -0.190. The van der Waals surface area contributed by atoms with Crippen molar-refractivity contribution in [1.29, 1.82) is 0 Å². The van der Waals surface area contributed by atoms with Gasteiger partial charge in [0.25, 0.3) is 0 Å². The number of carbonyl (C=O) groups excluding carboxylic acids is 2. The predicted octanol–water partition coefficient (Wildman–Crippen LogP) is 11.1. The molecule has 3 heteroatoms. The minimum absolute atomic E-state index is 0.190. The second kappa shape index (κ2) is 30.4. The van der Waals surface area contributed by atoms with Crippen LogP contribution in [0.25, 0.3) is 0 Å². The number of esters is 1. The van der Waals surface area contributed by atoms with Crippen molar-refractivity contribution in [2.24, 2.45) is 0 Å². The summed E-state index contributed by atoms with van der Waals surface area (Å²) < 4.78 is 5.41. The molecule has 214 valence electrons. The molecule has 0 bridgehead atoms. The van der Waals surface area contributed by atoms with Gasteiger partial charge < -0.3 is 4.74 Å². The lowest BCUT2D eigenvalue weighted by atomic mass is 10.0. The number of ether oxygens (including phenoxy) is 1. The number of unbranched alkanes of at least 4 members (excludes halogenated alkanes) is 24. The highest BCUT2D eigenvalue weighted by atomic mass is 16.5. The van der Waals surface area contributed by atoms with Crippen LogP contribution in [0.5, 0.6) is 0 Å². The molecule has 0 radical (unpaired) electrons. The van der Waals surface area contributed by atoms with Crippen molar-refractivity contribution in [1.82, 2.24) is 0 Å². The molecule has 0 aromatic heterocycles. The van der Waals surface area contributed by atoms with Gasteiger partial charge in [-0.2, -0.15) is 0 Å². The van der Waals surface area contributed by atoms with Crippen molar-refractivity contribution >= 4 is 12.3 Å². The SMILES string of the molecule is CCCCCCCCCCCCCCCC(=O)OC(C=O)CCCCCCCCCCCCCCC. The van der Waals surface area contributed by atoms with Crippen LogP contribution in [0.3, 0.4) is 0 Å². The van der Waals surface area contributed by atoms with Crippen LogP contribution in [0.4, 0.5) is 0 Å². The predicted molar refractivity (Wildman–Crippen MR) is 157 cm³/mol. The largest absolute Gasteiger partial charge is 0.455 e. The van der Waals surface area contributed by atoms with E-state index in [0.29, 0.717) is 12.8 Å². The molecule has 1 unspecified atom stereocenters. The Morgan fingerprint density at radius 3 is 1.14 bits per heavy atom. The molecule has 36 heavy (non-hydrogen) atoms. The summed E-state index contributed by atoms with van der Waals surface area (Å²) in [6, 6.07) is 0. The van der Waals surface area contributed by atoms with E-state index in [9.17, 15) is 9.59 Å². The lowest BCUT2D eigenvalue weighted by molar-refractivity contribution is -0.152. The van der Waals surface area contributed by atoms with Crippen molar-refractivity contribution in [3.63, 3.8) is 0 Å². The molecule has 0 aliphatic rings. The van der Waals surface area contributed by atoms with E-state index in [1.807, 2.05) is 0 Å². The smallest absolute Gasteiger partial charge is 0.306 e. The van der Waals surface area contributed by atoms with Crippen molar-refractivity contribution in [2.45, 2.75) is 200 Å². The average Bonchev–Trinajstić information content (AvgIpc) is 2.88. The maximum atomic E-state index is 12.1. The van der Waals surface area contributed by atoms with Crippen LogP contribution in [0.2, 0.25) is 0 Å². The van der Waals surface area contributed by atoms with E-state index >= 15 is 0 Å². The Kier molecular flexibility index (Phi) is 29.6. The van der Waals surface area contributed by atoms with Gasteiger partial charge in [0.1, 0.15) is 0 Å². The maximum absolute atomic E-state index is 12.1. The van der Waals surface area contributed by atoms with Crippen LogP contribution in [-0.2, 0) is 14.3 Å². The molecule has 0 N–H and O–H groups in total. The Bertz CT molecular complexity index is 448. The fourth-order valence-electron chi connectivity index (χ4n) is 5.03. The summed E-state index contributed by atoms with van der Waals surface area (Å²) >= 11 is 0. The van der Waals surface area contributed by atoms with Crippen molar-refractivity contribution < 1.29 is 14.3 Å². The van der Waals surface area contributed by atoms with Crippen LogP contribution in [0.15, 0.2) is 0 Å². The monoisotopic (exact) mass is 508 g/mol. The third-order valence-electron chi connectivity index (χ3n) is 7.51. The van der Waals surface area contributed by atoms with E-state index in [4.69, 9.17) is 4.74 Å². The summed E-state index contributed by atoms with van der Waals surface area (Å²) in [7, 11) is 0. The lowest BCUT2D eigenvalue weighted by Gasteiger charge is -2.12.